The molecule has 0 radical (unpaired) electrons. The van der Waals surface area contributed by atoms with Crippen molar-refractivity contribution in [1.29, 1.82) is 0 Å². The van der Waals surface area contributed by atoms with Crippen LogP contribution in [0, 0.1) is 0 Å². The van der Waals surface area contributed by atoms with Gasteiger partial charge in [-0.3, -0.25) is 4.90 Å². The first-order valence-electron chi connectivity index (χ1n) is 5.23. The molecular weight excluding hydrogens is 164 g/mol. The van der Waals surface area contributed by atoms with Crippen molar-refractivity contribution in [3.8, 4) is 0 Å². The summed E-state index contributed by atoms with van der Waals surface area (Å²) in [5.41, 5.74) is 5.84. The zero-order chi connectivity index (χ0) is 9.84. The number of hydrogen-bond acceptors (Lipinski definition) is 3. The van der Waals surface area contributed by atoms with Crippen molar-refractivity contribution >= 4 is 0 Å². The predicted molar refractivity (Wildman–Crippen MR) is 54.5 cm³/mol. The number of likely N-dealkylation sites (N-methyl/N-ethyl adjacent to an activating group) is 1. The lowest BCUT2D eigenvalue weighted by atomic mass is 9.90. The van der Waals surface area contributed by atoms with Crippen molar-refractivity contribution in [2.45, 2.75) is 50.7 Å². The summed E-state index contributed by atoms with van der Waals surface area (Å²) in [6.45, 7) is 2.31. The summed E-state index contributed by atoms with van der Waals surface area (Å²) in [6.07, 6.45) is 4.63. The van der Waals surface area contributed by atoms with Crippen LogP contribution in [-0.2, 0) is 0 Å². The van der Waals surface area contributed by atoms with E-state index in [1.54, 1.807) is 0 Å². The number of nitrogens with zero attached hydrogens (tertiary/aromatic N) is 1. The zero-order valence-electron chi connectivity index (χ0n) is 8.74. The standard InChI is InChI=1S/C10H22N2O/c1-8(7-13)12(2)10-5-3-9(11)4-6-10/h8-10,13H,3-7,11H2,1-2H3. The molecule has 1 saturated carbocycles. The van der Waals surface area contributed by atoms with Gasteiger partial charge in [-0.25, -0.2) is 0 Å². The van der Waals surface area contributed by atoms with Crippen LogP contribution in [0.1, 0.15) is 32.6 Å². The highest BCUT2D eigenvalue weighted by Gasteiger charge is 2.24. The van der Waals surface area contributed by atoms with Gasteiger partial charge in [-0.2, -0.15) is 0 Å². The van der Waals surface area contributed by atoms with Crippen LogP contribution in [0.3, 0.4) is 0 Å². The Morgan fingerprint density at radius 3 is 2.38 bits per heavy atom. The predicted octanol–water partition coefficient (Wildman–Crippen LogP) is 0.569. The maximum absolute atomic E-state index is 9.02. The topological polar surface area (TPSA) is 49.5 Å². The minimum atomic E-state index is 0.249. The van der Waals surface area contributed by atoms with Crippen LogP contribution in [0.2, 0.25) is 0 Å². The second kappa shape index (κ2) is 4.94. The normalized spacial score (nSPS) is 32.1. The van der Waals surface area contributed by atoms with Crippen molar-refractivity contribution < 1.29 is 5.11 Å². The average molecular weight is 186 g/mol. The lowest BCUT2D eigenvalue weighted by molar-refractivity contribution is 0.0963. The van der Waals surface area contributed by atoms with Crippen LogP contribution in [0.4, 0.5) is 0 Å². The first-order chi connectivity index (χ1) is 6.15. The van der Waals surface area contributed by atoms with Crippen molar-refractivity contribution in [1.82, 2.24) is 4.90 Å². The van der Waals surface area contributed by atoms with Crippen molar-refractivity contribution in [3.05, 3.63) is 0 Å². The number of aliphatic hydroxyl groups excluding tert-OH is 1. The van der Waals surface area contributed by atoms with Crippen molar-refractivity contribution in [3.63, 3.8) is 0 Å². The number of hydrogen-bond donors (Lipinski definition) is 2. The molecule has 0 heterocycles. The molecule has 1 atom stereocenters. The Morgan fingerprint density at radius 2 is 1.92 bits per heavy atom. The van der Waals surface area contributed by atoms with Crippen LogP contribution in [0.15, 0.2) is 0 Å². The summed E-state index contributed by atoms with van der Waals surface area (Å²) in [6, 6.07) is 1.32. The van der Waals surface area contributed by atoms with Gasteiger partial charge >= 0.3 is 0 Å². The Bertz CT molecular complexity index is 144. The van der Waals surface area contributed by atoms with Gasteiger partial charge < -0.3 is 10.8 Å². The van der Waals surface area contributed by atoms with E-state index in [-0.39, 0.29) is 12.6 Å². The van der Waals surface area contributed by atoms with E-state index in [9.17, 15) is 0 Å². The molecule has 0 saturated heterocycles. The molecule has 3 heteroatoms. The van der Waals surface area contributed by atoms with Crippen LogP contribution >= 0.6 is 0 Å². The molecule has 13 heavy (non-hydrogen) atoms. The van der Waals surface area contributed by atoms with Crippen molar-refractivity contribution in [2.75, 3.05) is 13.7 Å². The first-order valence-corrected chi connectivity index (χ1v) is 5.23. The molecule has 0 aromatic rings. The Kier molecular flexibility index (Phi) is 4.16. The largest absolute Gasteiger partial charge is 0.395 e. The summed E-state index contributed by atoms with van der Waals surface area (Å²) < 4.78 is 0. The van der Waals surface area contributed by atoms with Crippen molar-refractivity contribution in [2.24, 2.45) is 5.73 Å². The maximum atomic E-state index is 9.02. The molecule has 1 aliphatic carbocycles. The summed E-state index contributed by atoms with van der Waals surface area (Å²) in [4.78, 5) is 2.28. The molecule has 0 spiro atoms. The third-order valence-corrected chi connectivity index (χ3v) is 3.28. The lowest BCUT2D eigenvalue weighted by Gasteiger charge is -2.36. The first kappa shape index (κ1) is 11.0. The number of rotatable bonds is 3. The molecule has 0 aromatic heterocycles. The second-order valence-corrected chi connectivity index (χ2v) is 4.27. The molecule has 1 fully saturated rings. The molecule has 1 unspecified atom stereocenters. The van der Waals surface area contributed by atoms with Gasteiger partial charge in [-0.1, -0.05) is 0 Å². The summed E-state index contributed by atoms with van der Waals surface area (Å²) in [5.74, 6) is 0. The van der Waals surface area contributed by atoms with Crippen LogP contribution in [0.25, 0.3) is 0 Å². The minimum absolute atomic E-state index is 0.249. The van der Waals surface area contributed by atoms with E-state index in [1.807, 2.05) is 0 Å². The molecule has 78 valence electrons. The zero-order valence-corrected chi connectivity index (χ0v) is 8.74. The van der Waals surface area contributed by atoms with Crippen LogP contribution in [-0.4, -0.2) is 41.8 Å². The Morgan fingerprint density at radius 1 is 1.38 bits per heavy atom. The van der Waals surface area contributed by atoms with Gasteiger partial charge in [0, 0.05) is 18.1 Å². The van der Waals surface area contributed by atoms with Gasteiger partial charge in [0.25, 0.3) is 0 Å². The van der Waals surface area contributed by atoms with E-state index in [4.69, 9.17) is 10.8 Å². The summed E-state index contributed by atoms with van der Waals surface area (Å²) in [7, 11) is 2.10. The van der Waals surface area contributed by atoms with Crippen LogP contribution < -0.4 is 5.73 Å². The second-order valence-electron chi connectivity index (χ2n) is 4.27. The van der Waals surface area contributed by atoms with E-state index in [1.165, 1.54) is 12.8 Å². The minimum Gasteiger partial charge on any atom is -0.395 e. The fourth-order valence-electron chi connectivity index (χ4n) is 2.00. The van der Waals surface area contributed by atoms with Crippen LogP contribution in [0.5, 0.6) is 0 Å². The van der Waals surface area contributed by atoms with E-state index < -0.39 is 0 Å². The molecule has 0 aromatic carbocycles. The SMILES string of the molecule is CC(CO)N(C)C1CCC(N)CC1. The smallest absolute Gasteiger partial charge is 0.0584 e. The lowest BCUT2D eigenvalue weighted by Crippen LogP contribution is -2.44. The highest BCUT2D eigenvalue weighted by atomic mass is 16.3. The Labute approximate surface area is 80.9 Å². The number of aliphatic hydroxyl groups is 1. The maximum Gasteiger partial charge on any atom is 0.0584 e. The molecular formula is C10H22N2O. The monoisotopic (exact) mass is 186 g/mol. The summed E-state index contributed by atoms with van der Waals surface area (Å²) >= 11 is 0. The highest BCUT2D eigenvalue weighted by molar-refractivity contribution is 4.81. The number of nitrogens with two attached hydrogens (primary N) is 1. The van der Waals surface area contributed by atoms with Gasteiger partial charge in [-0.15, -0.1) is 0 Å². The van der Waals surface area contributed by atoms with Gasteiger partial charge in [0.15, 0.2) is 0 Å². The molecule has 3 N–H and O–H groups in total. The van der Waals surface area contributed by atoms with E-state index in [2.05, 4.69) is 18.9 Å². The van der Waals surface area contributed by atoms with Gasteiger partial charge in [-0.05, 0) is 39.7 Å². The van der Waals surface area contributed by atoms with Gasteiger partial charge in [0.05, 0.1) is 6.61 Å². The molecule has 3 nitrogen and oxygen atoms in total. The molecule has 1 aliphatic rings. The third kappa shape index (κ3) is 2.93. The molecule has 0 aliphatic heterocycles. The Balaban J connectivity index is 2.35. The van der Waals surface area contributed by atoms with Gasteiger partial charge in [0.1, 0.15) is 0 Å². The van der Waals surface area contributed by atoms with Gasteiger partial charge in [0.2, 0.25) is 0 Å². The fourth-order valence-corrected chi connectivity index (χ4v) is 2.00. The quantitative estimate of drug-likeness (QED) is 0.677. The fraction of sp³-hybridized carbons (Fsp3) is 1.00. The Hall–Kier alpha value is -0.120. The highest BCUT2D eigenvalue weighted by Crippen LogP contribution is 2.22. The molecule has 0 bridgehead atoms. The average Bonchev–Trinajstić information content (AvgIpc) is 2.17. The van der Waals surface area contributed by atoms with E-state index in [0.717, 1.165) is 12.8 Å². The van der Waals surface area contributed by atoms with E-state index >= 15 is 0 Å². The summed E-state index contributed by atoms with van der Waals surface area (Å²) in [5, 5.41) is 9.02. The molecule has 0 amide bonds. The molecule has 1 rings (SSSR count). The third-order valence-electron chi connectivity index (χ3n) is 3.28. The van der Waals surface area contributed by atoms with E-state index in [0.29, 0.717) is 12.1 Å².